The highest BCUT2D eigenvalue weighted by Gasteiger charge is 2.36. The number of amides is 3. The standard InChI is InChI=1S/C22H19ClN2O6S/c1-2-30-20(27)12-25-21(28)18(32-22(25)29)11-14-10-15(23)8-9-17(14)31-13-19(26)24-16-6-4-3-5-7-16/h3-11H,2,12-13H2,1H3,(H,24,26)/b18-11-. The summed E-state index contributed by atoms with van der Waals surface area (Å²) in [4.78, 5) is 49.5. The molecule has 10 heteroatoms. The molecule has 0 saturated carbocycles. The first-order chi connectivity index (χ1) is 15.4. The van der Waals surface area contributed by atoms with Gasteiger partial charge in [-0.1, -0.05) is 29.8 Å². The molecule has 1 aliphatic rings. The fraction of sp³-hybridized carbons (Fsp3) is 0.182. The number of hydrogen-bond donors (Lipinski definition) is 1. The molecule has 0 bridgehead atoms. The van der Waals surface area contributed by atoms with E-state index >= 15 is 0 Å². The normalized spacial score (nSPS) is 14.6. The van der Waals surface area contributed by atoms with Crippen molar-refractivity contribution in [1.29, 1.82) is 0 Å². The summed E-state index contributed by atoms with van der Waals surface area (Å²) in [5, 5.41) is 2.50. The van der Waals surface area contributed by atoms with Crippen molar-refractivity contribution < 1.29 is 28.7 Å². The molecule has 166 valence electrons. The summed E-state index contributed by atoms with van der Waals surface area (Å²) in [7, 11) is 0. The van der Waals surface area contributed by atoms with Crippen LogP contribution in [0.15, 0.2) is 53.4 Å². The molecule has 0 aliphatic carbocycles. The van der Waals surface area contributed by atoms with Crippen LogP contribution in [0.3, 0.4) is 0 Å². The monoisotopic (exact) mass is 474 g/mol. The number of thioether (sulfide) groups is 1. The minimum Gasteiger partial charge on any atom is -0.483 e. The molecule has 1 heterocycles. The molecule has 8 nitrogen and oxygen atoms in total. The SMILES string of the molecule is CCOC(=O)CN1C(=O)S/C(=C\c2cc(Cl)ccc2OCC(=O)Nc2ccccc2)C1=O. The Hall–Kier alpha value is -3.30. The van der Waals surface area contributed by atoms with Crippen LogP contribution in [0.4, 0.5) is 10.5 Å². The predicted octanol–water partition coefficient (Wildman–Crippen LogP) is 3.96. The molecule has 1 saturated heterocycles. The fourth-order valence-corrected chi connectivity index (χ4v) is 3.75. The van der Waals surface area contributed by atoms with Crippen LogP contribution in [0.2, 0.25) is 5.02 Å². The van der Waals surface area contributed by atoms with Crippen molar-refractivity contribution in [2.75, 3.05) is 25.1 Å². The maximum atomic E-state index is 12.6. The molecule has 1 fully saturated rings. The number of carbonyl (C=O) groups is 4. The van der Waals surface area contributed by atoms with Gasteiger partial charge in [-0.05, 0) is 55.1 Å². The predicted molar refractivity (Wildman–Crippen MR) is 121 cm³/mol. The Morgan fingerprint density at radius 1 is 1.16 bits per heavy atom. The molecule has 0 unspecified atom stereocenters. The Labute approximate surface area is 193 Å². The van der Waals surface area contributed by atoms with Crippen LogP contribution in [0.25, 0.3) is 6.08 Å². The highest BCUT2D eigenvalue weighted by Crippen LogP contribution is 2.34. The molecule has 0 spiro atoms. The first-order valence-electron chi connectivity index (χ1n) is 9.55. The molecule has 0 aromatic heterocycles. The summed E-state index contributed by atoms with van der Waals surface area (Å²) >= 11 is 6.77. The lowest BCUT2D eigenvalue weighted by molar-refractivity contribution is -0.146. The van der Waals surface area contributed by atoms with Crippen molar-refractivity contribution in [2.45, 2.75) is 6.92 Å². The number of nitrogens with zero attached hydrogens (tertiary/aromatic N) is 1. The summed E-state index contributed by atoms with van der Waals surface area (Å²) in [6.07, 6.45) is 1.44. The van der Waals surface area contributed by atoms with Crippen LogP contribution in [0.1, 0.15) is 12.5 Å². The van der Waals surface area contributed by atoms with Crippen molar-refractivity contribution in [1.82, 2.24) is 4.90 Å². The van der Waals surface area contributed by atoms with E-state index in [1.54, 1.807) is 49.4 Å². The summed E-state index contributed by atoms with van der Waals surface area (Å²) in [6, 6.07) is 13.6. The number of nitrogens with one attached hydrogen (secondary N) is 1. The second kappa shape index (κ2) is 10.8. The Kier molecular flexibility index (Phi) is 7.91. The molecule has 2 aromatic carbocycles. The number of benzene rings is 2. The van der Waals surface area contributed by atoms with E-state index in [1.807, 2.05) is 6.07 Å². The van der Waals surface area contributed by atoms with E-state index in [0.29, 0.717) is 33.8 Å². The third kappa shape index (κ3) is 6.12. The summed E-state index contributed by atoms with van der Waals surface area (Å²) in [5.41, 5.74) is 1.04. The van der Waals surface area contributed by atoms with E-state index in [2.05, 4.69) is 5.32 Å². The lowest BCUT2D eigenvalue weighted by Crippen LogP contribution is -2.34. The van der Waals surface area contributed by atoms with Crippen LogP contribution in [0.5, 0.6) is 5.75 Å². The third-order valence-electron chi connectivity index (χ3n) is 4.14. The van der Waals surface area contributed by atoms with Gasteiger partial charge in [0, 0.05) is 16.3 Å². The van der Waals surface area contributed by atoms with Crippen molar-refractivity contribution in [3.8, 4) is 5.75 Å². The van der Waals surface area contributed by atoms with Gasteiger partial charge in [-0.2, -0.15) is 0 Å². The lowest BCUT2D eigenvalue weighted by Gasteiger charge is -2.11. The van der Waals surface area contributed by atoms with Crippen LogP contribution in [-0.2, 0) is 19.1 Å². The number of hydrogen-bond acceptors (Lipinski definition) is 7. The maximum absolute atomic E-state index is 12.6. The minimum atomic E-state index is -0.674. The van der Waals surface area contributed by atoms with E-state index in [1.165, 1.54) is 6.08 Å². The average molecular weight is 475 g/mol. The van der Waals surface area contributed by atoms with Gasteiger partial charge < -0.3 is 14.8 Å². The molecule has 32 heavy (non-hydrogen) atoms. The molecule has 0 atom stereocenters. The zero-order valence-electron chi connectivity index (χ0n) is 17.0. The third-order valence-corrected chi connectivity index (χ3v) is 5.28. The van der Waals surface area contributed by atoms with Gasteiger partial charge in [-0.25, -0.2) is 0 Å². The second-order valence-corrected chi connectivity index (χ2v) is 7.89. The number of para-hydroxylation sites is 1. The number of rotatable bonds is 8. The zero-order valence-corrected chi connectivity index (χ0v) is 18.6. The Morgan fingerprint density at radius 2 is 1.91 bits per heavy atom. The topological polar surface area (TPSA) is 102 Å². The van der Waals surface area contributed by atoms with Crippen molar-refractivity contribution in [2.24, 2.45) is 0 Å². The van der Waals surface area contributed by atoms with Crippen molar-refractivity contribution in [3.63, 3.8) is 0 Å². The lowest BCUT2D eigenvalue weighted by atomic mass is 10.2. The zero-order chi connectivity index (χ0) is 23.1. The summed E-state index contributed by atoms with van der Waals surface area (Å²) < 4.78 is 10.4. The number of imide groups is 1. The van der Waals surface area contributed by atoms with Crippen LogP contribution in [-0.4, -0.2) is 47.7 Å². The van der Waals surface area contributed by atoms with Crippen LogP contribution >= 0.6 is 23.4 Å². The molecule has 3 rings (SSSR count). The van der Waals surface area contributed by atoms with Gasteiger partial charge in [0.2, 0.25) is 0 Å². The maximum Gasteiger partial charge on any atom is 0.326 e. The Balaban J connectivity index is 1.72. The van der Waals surface area contributed by atoms with Crippen molar-refractivity contribution in [3.05, 3.63) is 64.0 Å². The smallest absolute Gasteiger partial charge is 0.326 e. The number of esters is 1. The highest BCUT2D eigenvalue weighted by molar-refractivity contribution is 8.18. The van der Waals surface area contributed by atoms with Gasteiger partial charge in [0.05, 0.1) is 11.5 Å². The number of ether oxygens (including phenoxy) is 2. The summed E-state index contributed by atoms with van der Waals surface area (Å²) in [5.74, 6) is -1.37. The van der Waals surface area contributed by atoms with Gasteiger partial charge in [0.1, 0.15) is 12.3 Å². The first-order valence-corrected chi connectivity index (χ1v) is 10.7. The van der Waals surface area contributed by atoms with E-state index in [9.17, 15) is 19.2 Å². The molecule has 1 aliphatic heterocycles. The van der Waals surface area contributed by atoms with Gasteiger partial charge in [0.25, 0.3) is 17.1 Å². The molecular formula is C22H19ClN2O6S. The van der Waals surface area contributed by atoms with E-state index in [4.69, 9.17) is 21.1 Å². The average Bonchev–Trinajstić information content (AvgIpc) is 3.01. The number of anilines is 1. The molecule has 0 radical (unpaired) electrons. The second-order valence-electron chi connectivity index (χ2n) is 6.46. The Bertz CT molecular complexity index is 1070. The Morgan fingerprint density at radius 3 is 2.62 bits per heavy atom. The van der Waals surface area contributed by atoms with Crippen LogP contribution < -0.4 is 10.1 Å². The van der Waals surface area contributed by atoms with Crippen LogP contribution in [0, 0.1) is 0 Å². The van der Waals surface area contributed by atoms with E-state index < -0.39 is 23.7 Å². The minimum absolute atomic E-state index is 0.0974. The van der Waals surface area contributed by atoms with Gasteiger partial charge >= 0.3 is 5.97 Å². The summed E-state index contributed by atoms with van der Waals surface area (Å²) in [6.45, 7) is 1.04. The first kappa shape index (κ1) is 23.4. The van der Waals surface area contributed by atoms with Crippen molar-refractivity contribution >= 4 is 58.1 Å². The number of halogens is 1. The van der Waals surface area contributed by atoms with Gasteiger partial charge in [0.15, 0.2) is 6.61 Å². The van der Waals surface area contributed by atoms with Gasteiger partial charge in [-0.15, -0.1) is 0 Å². The van der Waals surface area contributed by atoms with Gasteiger partial charge in [-0.3, -0.25) is 24.1 Å². The van der Waals surface area contributed by atoms with E-state index in [-0.39, 0.29) is 24.0 Å². The largest absolute Gasteiger partial charge is 0.483 e. The molecule has 2 aromatic rings. The quantitative estimate of drug-likeness (QED) is 0.456. The molecule has 3 amide bonds. The highest BCUT2D eigenvalue weighted by atomic mass is 35.5. The molecule has 1 N–H and O–H groups in total. The fourth-order valence-electron chi connectivity index (χ4n) is 2.74. The van der Waals surface area contributed by atoms with E-state index in [0.717, 1.165) is 4.90 Å². The molecular weight excluding hydrogens is 456 g/mol. The number of carbonyl (C=O) groups excluding carboxylic acids is 4.